The minimum absolute atomic E-state index is 0.478. The fraction of sp³-hybridized carbons (Fsp3) is 0.250. The molecule has 0 aliphatic rings. The minimum atomic E-state index is 0.478. The first-order valence-corrected chi connectivity index (χ1v) is 6.59. The van der Waals surface area contributed by atoms with Crippen LogP contribution in [0, 0.1) is 0 Å². The van der Waals surface area contributed by atoms with Crippen molar-refractivity contribution in [3.8, 4) is 34.1 Å². The van der Waals surface area contributed by atoms with E-state index in [4.69, 9.17) is 30.4 Å². The molecule has 2 aromatic carbocycles. The lowest BCUT2D eigenvalue weighted by Gasteiger charge is -2.18. The molecule has 0 bridgehead atoms. The summed E-state index contributed by atoms with van der Waals surface area (Å²) in [5, 5.41) is 0. The standard InChI is InChI=1S/C16H20N2O4/c1-19-9-5-11(17)15(13(7-9)21-3)16-12(18)6-10(20-2)8-14(16)22-4/h5-8H,17-18H2,1-4H3. The van der Waals surface area contributed by atoms with E-state index in [1.54, 1.807) is 52.7 Å². The van der Waals surface area contributed by atoms with Gasteiger partial charge in [-0.25, -0.2) is 0 Å². The van der Waals surface area contributed by atoms with E-state index in [1.807, 2.05) is 0 Å². The average Bonchev–Trinajstić information content (AvgIpc) is 2.53. The number of ether oxygens (including phenoxy) is 4. The summed E-state index contributed by atoms with van der Waals surface area (Å²) in [7, 11) is 6.25. The normalized spacial score (nSPS) is 10.2. The van der Waals surface area contributed by atoms with Crippen LogP contribution in [0.4, 0.5) is 11.4 Å². The second-order valence-electron chi connectivity index (χ2n) is 4.59. The zero-order valence-electron chi connectivity index (χ0n) is 13.1. The van der Waals surface area contributed by atoms with Crippen molar-refractivity contribution < 1.29 is 18.9 Å². The fourth-order valence-corrected chi connectivity index (χ4v) is 2.31. The van der Waals surface area contributed by atoms with Gasteiger partial charge >= 0.3 is 0 Å². The summed E-state index contributed by atoms with van der Waals surface area (Å²) >= 11 is 0. The smallest absolute Gasteiger partial charge is 0.132 e. The van der Waals surface area contributed by atoms with E-state index in [2.05, 4.69) is 0 Å². The SMILES string of the molecule is COc1cc(N)c(-c2c(N)cc(OC)cc2OC)c(OC)c1. The van der Waals surface area contributed by atoms with E-state index in [0.29, 0.717) is 45.5 Å². The molecule has 0 saturated heterocycles. The zero-order chi connectivity index (χ0) is 16.3. The number of benzene rings is 2. The molecular weight excluding hydrogens is 284 g/mol. The second-order valence-corrected chi connectivity index (χ2v) is 4.59. The Hall–Kier alpha value is -2.76. The molecule has 6 nitrogen and oxygen atoms in total. The predicted molar refractivity (Wildman–Crippen MR) is 86.9 cm³/mol. The zero-order valence-corrected chi connectivity index (χ0v) is 13.1. The summed E-state index contributed by atoms with van der Waals surface area (Å²) in [5.74, 6) is 2.30. The number of methoxy groups -OCH3 is 4. The van der Waals surface area contributed by atoms with Crippen molar-refractivity contribution in [1.82, 2.24) is 0 Å². The van der Waals surface area contributed by atoms with Crippen LogP contribution in [0.3, 0.4) is 0 Å². The van der Waals surface area contributed by atoms with Gasteiger partial charge in [-0.05, 0) is 0 Å². The van der Waals surface area contributed by atoms with Gasteiger partial charge in [0.1, 0.15) is 23.0 Å². The molecule has 0 fully saturated rings. The summed E-state index contributed by atoms with van der Waals surface area (Å²) in [6, 6.07) is 6.91. The lowest BCUT2D eigenvalue weighted by molar-refractivity contribution is 0.392. The Kier molecular flexibility index (Phi) is 4.50. The highest BCUT2D eigenvalue weighted by Crippen LogP contribution is 2.47. The van der Waals surface area contributed by atoms with Crippen molar-refractivity contribution in [2.24, 2.45) is 0 Å². The maximum atomic E-state index is 6.17. The molecule has 0 spiro atoms. The van der Waals surface area contributed by atoms with Gasteiger partial charge in [-0.3, -0.25) is 0 Å². The average molecular weight is 304 g/mol. The first-order chi connectivity index (χ1) is 10.5. The molecule has 2 aromatic rings. The van der Waals surface area contributed by atoms with Crippen molar-refractivity contribution >= 4 is 11.4 Å². The second kappa shape index (κ2) is 6.34. The van der Waals surface area contributed by atoms with Crippen LogP contribution in [0.15, 0.2) is 24.3 Å². The summed E-state index contributed by atoms with van der Waals surface area (Å²) in [5.41, 5.74) is 14.6. The van der Waals surface area contributed by atoms with E-state index >= 15 is 0 Å². The lowest BCUT2D eigenvalue weighted by Crippen LogP contribution is -2.02. The predicted octanol–water partition coefficient (Wildman–Crippen LogP) is 2.55. The van der Waals surface area contributed by atoms with E-state index < -0.39 is 0 Å². The monoisotopic (exact) mass is 304 g/mol. The molecule has 118 valence electrons. The molecule has 4 N–H and O–H groups in total. The van der Waals surface area contributed by atoms with Gasteiger partial charge in [0, 0.05) is 35.6 Å². The van der Waals surface area contributed by atoms with Gasteiger partial charge in [-0.1, -0.05) is 0 Å². The molecule has 0 atom stereocenters. The van der Waals surface area contributed by atoms with E-state index in [1.165, 1.54) is 0 Å². The molecule has 6 heteroatoms. The van der Waals surface area contributed by atoms with E-state index in [9.17, 15) is 0 Å². The highest BCUT2D eigenvalue weighted by molar-refractivity contribution is 5.93. The fourth-order valence-electron chi connectivity index (χ4n) is 2.31. The summed E-state index contributed by atoms with van der Waals surface area (Å²) in [4.78, 5) is 0. The van der Waals surface area contributed by atoms with Crippen LogP contribution < -0.4 is 30.4 Å². The summed E-state index contributed by atoms with van der Waals surface area (Å²) in [6.07, 6.45) is 0. The Bertz CT molecular complexity index is 627. The maximum absolute atomic E-state index is 6.17. The summed E-state index contributed by atoms with van der Waals surface area (Å²) < 4.78 is 21.3. The molecule has 0 amide bonds. The van der Waals surface area contributed by atoms with Gasteiger partial charge in [0.05, 0.1) is 39.6 Å². The Balaban J connectivity index is 2.76. The van der Waals surface area contributed by atoms with Gasteiger partial charge in [0.25, 0.3) is 0 Å². The molecule has 0 aromatic heterocycles. The number of nitrogen functional groups attached to an aromatic ring is 2. The number of nitrogens with two attached hydrogens (primary N) is 2. The maximum Gasteiger partial charge on any atom is 0.132 e. The van der Waals surface area contributed by atoms with Gasteiger partial charge in [0.15, 0.2) is 0 Å². The third-order valence-electron chi connectivity index (χ3n) is 3.37. The molecule has 0 saturated carbocycles. The first-order valence-electron chi connectivity index (χ1n) is 6.59. The van der Waals surface area contributed by atoms with Crippen LogP contribution >= 0.6 is 0 Å². The molecule has 22 heavy (non-hydrogen) atoms. The van der Waals surface area contributed by atoms with Crippen LogP contribution in [0.2, 0.25) is 0 Å². The Labute approximate surface area is 129 Å². The van der Waals surface area contributed by atoms with Crippen molar-refractivity contribution in [3.05, 3.63) is 24.3 Å². The van der Waals surface area contributed by atoms with E-state index in [-0.39, 0.29) is 0 Å². The number of hydrogen-bond donors (Lipinski definition) is 2. The van der Waals surface area contributed by atoms with E-state index in [0.717, 1.165) is 0 Å². The molecule has 0 heterocycles. The molecular formula is C16H20N2O4. The number of anilines is 2. The van der Waals surface area contributed by atoms with Gasteiger partial charge < -0.3 is 30.4 Å². The molecule has 0 radical (unpaired) electrons. The highest BCUT2D eigenvalue weighted by atomic mass is 16.5. The third-order valence-corrected chi connectivity index (χ3v) is 3.37. The largest absolute Gasteiger partial charge is 0.497 e. The Morgan fingerprint density at radius 2 is 0.955 bits per heavy atom. The highest BCUT2D eigenvalue weighted by Gasteiger charge is 2.20. The quantitative estimate of drug-likeness (QED) is 0.825. The number of hydrogen-bond acceptors (Lipinski definition) is 6. The molecule has 2 rings (SSSR count). The van der Waals surface area contributed by atoms with Crippen molar-refractivity contribution in [3.63, 3.8) is 0 Å². The molecule has 0 aliphatic heterocycles. The van der Waals surface area contributed by atoms with Crippen molar-refractivity contribution in [2.75, 3.05) is 39.9 Å². The first kappa shape index (κ1) is 15.6. The van der Waals surface area contributed by atoms with Crippen molar-refractivity contribution in [2.45, 2.75) is 0 Å². The van der Waals surface area contributed by atoms with Gasteiger partial charge in [-0.15, -0.1) is 0 Å². The summed E-state index contributed by atoms with van der Waals surface area (Å²) in [6.45, 7) is 0. The van der Waals surface area contributed by atoms with Crippen molar-refractivity contribution in [1.29, 1.82) is 0 Å². The Morgan fingerprint density at radius 1 is 0.591 bits per heavy atom. The topological polar surface area (TPSA) is 89.0 Å². The Morgan fingerprint density at radius 3 is 1.23 bits per heavy atom. The molecule has 0 aliphatic carbocycles. The van der Waals surface area contributed by atoms with Gasteiger partial charge in [-0.2, -0.15) is 0 Å². The lowest BCUT2D eigenvalue weighted by atomic mass is 9.99. The van der Waals surface area contributed by atoms with Crippen LogP contribution in [0.1, 0.15) is 0 Å². The molecule has 0 unspecified atom stereocenters. The van der Waals surface area contributed by atoms with Gasteiger partial charge in [0.2, 0.25) is 0 Å². The van der Waals surface area contributed by atoms with Crippen LogP contribution in [-0.2, 0) is 0 Å². The number of rotatable bonds is 5. The van der Waals surface area contributed by atoms with Crippen LogP contribution in [0.5, 0.6) is 23.0 Å². The minimum Gasteiger partial charge on any atom is -0.497 e. The third kappa shape index (κ3) is 2.67. The van der Waals surface area contributed by atoms with Crippen LogP contribution in [0.25, 0.3) is 11.1 Å². The van der Waals surface area contributed by atoms with Crippen LogP contribution in [-0.4, -0.2) is 28.4 Å².